The highest BCUT2D eigenvalue weighted by molar-refractivity contribution is 7.99. The molecular formula is C14H18ClF2NOS. The van der Waals surface area contributed by atoms with E-state index < -0.39 is 6.61 Å². The molecular weight excluding hydrogens is 304 g/mol. The molecule has 112 valence electrons. The Morgan fingerprint density at radius 2 is 2.25 bits per heavy atom. The molecule has 1 aromatic rings. The van der Waals surface area contributed by atoms with Crippen LogP contribution in [0.1, 0.15) is 24.8 Å². The van der Waals surface area contributed by atoms with Gasteiger partial charge >= 0.3 is 6.61 Å². The van der Waals surface area contributed by atoms with Crippen molar-refractivity contribution in [1.82, 2.24) is 5.32 Å². The Kier molecular flexibility index (Phi) is 5.93. The quantitative estimate of drug-likeness (QED) is 0.843. The second-order valence-electron chi connectivity index (χ2n) is 4.88. The van der Waals surface area contributed by atoms with Gasteiger partial charge in [0.2, 0.25) is 0 Å². The molecule has 1 aliphatic carbocycles. The maximum absolute atomic E-state index is 12.4. The highest BCUT2D eigenvalue weighted by Gasteiger charge is 2.23. The van der Waals surface area contributed by atoms with Crippen LogP contribution in [0.25, 0.3) is 0 Å². The summed E-state index contributed by atoms with van der Waals surface area (Å²) in [5, 5.41) is 4.63. The first-order valence-corrected chi connectivity index (χ1v) is 8.24. The van der Waals surface area contributed by atoms with Gasteiger partial charge < -0.3 is 10.1 Å². The lowest BCUT2D eigenvalue weighted by molar-refractivity contribution is -0.0505. The third-order valence-electron chi connectivity index (χ3n) is 3.54. The Morgan fingerprint density at radius 1 is 1.45 bits per heavy atom. The second kappa shape index (κ2) is 7.48. The molecule has 1 N–H and O–H groups in total. The van der Waals surface area contributed by atoms with Gasteiger partial charge in [-0.05, 0) is 43.7 Å². The molecule has 0 radical (unpaired) electrons. The molecule has 20 heavy (non-hydrogen) atoms. The van der Waals surface area contributed by atoms with Gasteiger partial charge in [0, 0.05) is 28.4 Å². The number of hydrogen-bond donors (Lipinski definition) is 1. The molecule has 0 heterocycles. The van der Waals surface area contributed by atoms with Crippen LogP contribution in [-0.2, 0) is 6.54 Å². The highest BCUT2D eigenvalue weighted by Crippen LogP contribution is 2.29. The Labute approximate surface area is 127 Å². The van der Waals surface area contributed by atoms with Crippen molar-refractivity contribution in [3.05, 3.63) is 28.8 Å². The Hall–Kier alpha value is -0.520. The smallest absolute Gasteiger partial charge is 0.387 e. The number of alkyl halides is 2. The van der Waals surface area contributed by atoms with Crippen LogP contribution in [0.15, 0.2) is 18.2 Å². The van der Waals surface area contributed by atoms with Crippen molar-refractivity contribution in [2.24, 2.45) is 0 Å². The lowest BCUT2D eigenvalue weighted by Gasteiger charge is -2.15. The fraction of sp³-hybridized carbons (Fsp3) is 0.571. The molecule has 0 saturated heterocycles. The maximum atomic E-state index is 12.4. The van der Waals surface area contributed by atoms with E-state index in [-0.39, 0.29) is 5.75 Å². The van der Waals surface area contributed by atoms with Gasteiger partial charge in [0.05, 0.1) is 0 Å². The Morgan fingerprint density at radius 3 is 2.90 bits per heavy atom. The molecule has 0 amide bonds. The van der Waals surface area contributed by atoms with E-state index >= 15 is 0 Å². The van der Waals surface area contributed by atoms with Gasteiger partial charge in [-0.3, -0.25) is 0 Å². The third-order valence-corrected chi connectivity index (χ3v) is 4.87. The molecule has 0 bridgehead atoms. The van der Waals surface area contributed by atoms with E-state index in [1.54, 1.807) is 12.1 Å². The van der Waals surface area contributed by atoms with E-state index in [9.17, 15) is 8.78 Å². The molecule has 6 heteroatoms. The van der Waals surface area contributed by atoms with Crippen molar-refractivity contribution in [3.63, 3.8) is 0 Å². The largest absolute Gasteiger partial charge is 0.434 e. The van der Waals surface area contributed by atoms with Crippen LogP contribution in [0.3, 0.4) is 0 Å². The predicted molar refractivity (Wildman–Crippen MR) is 79.9 cm³/mol. The van der Waals surface area contributed by atoms with E-state index in [1.165, 1.54) is 12.5 Å². The molecule has 0 aromatic heterocycles. The van der Waals surface area contributed by atoms with Gasteiger partial charge in [-0.25, -0.2) is 0 Å². The molecule has 1 aliphatic rings. The van der Waals surface area contributed by atoms with E-state index in [1.807, 2.05) is 11.8 Å². The minimum atomic E-state index is -2.82. The lowest BCUT2D eigenvalue weighted by atomic mass is 10.1. The number of thioether (sulfide) groups is 1. The van der Waals surface area contributed by atoms with Gasteiger partial charge in [0.25, 0.3) is 0 Å². The van der Waals surface area contributed by atoms with Crippen molar-refractivity contribution in [2.45, 2.75) is 43.7 Å². The van der Waals surface area contributed by atoms with E-state index in [2.05, 4.69) is 16.3 Å². The summed E-state index contributed by atoms with van der Waals surface area (Å²) < 4.78 is 29.2. The van der Waals surface area contributed by atoms with Gasteiger partial charge in [-0.2, -0.15) is 20.5 Å². The van der Waals surface area contributed by atoms with Crippen LogP contribution in [0.4, 0.5) is 8.78 Å². The zero-order valence-electron chi connectivity index (χ0n) is 11.2. The van der Waals surface area contributed by atoms with E-state index in [0.717, 1.165) is 12.8 Å². The normalized spacial score (nSPS) is 22.4. The third kappa shape index (κ3) is 4.50. The number of halogens is 3. The molecule has 1 saturated carbocycles. The fourth-order valence-electron chi connectivity index (χ4n) is 2.49. The average molecular weight is 322 g/mol. The summed E-state index contributed by atoms with van der Waals surface area (Å²) in [5.74, 6) is 0.191. The van der Waals surface area contributed by atoms with Crippen molar-refractivity contribution >= 4 is 23.4 Å². The molecule has 2 rings (SSSR count). The summed E-state index contributed by atoms with van der Waals surface area (Å²) in [6.07, 6.45) is 5.57. The van der Waals surface area contributed by atoms with Gasteiger partial charge in [0.15, 0.2) is 0 Å². The summed E-state index contributed by atoms with van der Waals surface area (Å²) in [6, 6.07) is 5.16. The van der Waals surface area contributed by atoms with Crippen LogP contribution < -0.4 is 10.1 Å². The summed E-state index contributed by atoms with van der Waals surface area (Å²) in [6.45, 7) is -2.32. The molecule has 2 nitrogen and oxygen atoms in total. The molecule has 0 spiro atoms. The molecule has 2 atom stereocenters. The lowest BCUT2D eigenvalue weighted by Crippen LogP contribution is -2.26. The first-order valence-electron chi connectivity index (χ1n) is 6.58. The first kappa shape index (κ1) is 15.9. The van der Waals surface area contributed by atoms with Crippen molar-refractivity contribution in [1.29, 1.82) is 0 Å². The topological polar surface area (TPSA) is 21.3 Å². The minimum absolute atomic E-state index is 0.191. The van der Waals surface area contributed by atoms with Gasteiger partial charge in [0.1, 0.15) is 5.75 Å². The fourth-order valence-corrected chi connectivity index (χ4v) is 3.48. The number of hydrogen-bond acceptors (Lipinski definition) is 3. The number of nitrogens with one attached hydrogen (secondary N) is 1. The minimum Gasteiger partial charge on any atom is -0.434 e. The number of benzene rings is 1. The maximum Gasteiger partial charge on any atom is 0.387 e. The summed E-state index contributed by atoms with van der Waals surface area (Å²) >= 11 is 7.81. The summed E-state index contributed by atoms with van der Waals surface area (Å²) in [7, 11) is 0. The molecule has 2 unspecified atom stereocenters. The van der Waals surface area contributed by atoms with Crippen molar-refractivity contribution < 1.29 is 13.5 Å². The van der Waals surface area contributed by atoms with Crippen LogP contribution in [0, 0.1) is 0 Å². The molecule has 1 fully saturated rings. The number of rotatable bonds is 6. The van der Waals surface area contributed by atoms with Crippen LogP contribution in [-0.4, -0.2) is 24.2 Å². The summed E-state index contributed by atoms with van der Waals surface area (Å²) in [4.78, 5) is 0. The second-order valence-corrected chi connectivity index (χ2v) is 6.45. The zero-order chi connectivity index (χ0) is 14.5. The summed E-state index contributed by atoms with van der Waals surface area (Å²) in [5.41, 5.74) is 0.672. The Bertz CT molecular complexity index is 447. The Balaban J connectivity index is 1.96. The average Bonchev–Trinajstić information content (AvgIpc) is 2.86. The van der Waals surface area contributed by atoms with Crippen molar-refractivity contribution in [2.75, 3.05) is 6.26 Å². The first-order chi connectivity index (χ1) is 9.58. The monoisotopic (exact) mass is 321 g/mol. The molecule has 0 aliphatic heterocycles. The highest BCUT2D eigenvalue weighted by atomic mass is 35.5. The van der Waals surface area contributed by atoms with E-state index in [4.69, 9.17) is 11.6 Å². The number of ether oxygens (including phenoxy) is 1. The SMILES string of the molecule is CSC1CCC(NCc2cc(Cl)ccc2OC(F)F)C1. The zero-order valence-corrected chi connectivity index (χ0v) is 12.8. The van der Waals surface area contributed by atoms with E-state index in [0.29, 0.717) is 28.4 Å². The van der Waals surface area contributed by atoms with Crippen LogP contribution >= 0.6 is 23.4 Å². The van der Waals surface area contributed by atoms with Crippen LogP contribution in [0.5, 0.6) is 5.75 Å². The van der Waals surface area contributed by atoms with Gasteiger partial charge in [-0.15, -0.1) is 0 Å². The van der Waals surface area contributed by atoms with Crippen LogP contribution in [0.2, 0.25) is 5.02 Å². The standard InChI is InChI=1S/C14H18ClF2NOS/c1-20-12-4-3-11(7-12)18-8-9-6-10(15)2-5-13(9)19-14(16)17/h2,5-6,11-12,14,18H,3-4,7-8H2,1H3. The predicted octanol–water partition coefficient (Wildman–Crippen LogP) is 4.32. The van der Waals surface area contributed by atoms with Gasteiger partial charge in [-0.1, -0.05) is 11.6 Å². The van der Waals surface area contributed by atoms with Crippen molar-refractivity contribution in [3.8, 4) is 5.75 Å². The molecule has 1 aromatic carbocycles.